The summed E-state index contributed by atoms with van der Waals surface area (Å²) in [6, 6.07) is 0. The summed E-state index contributed by atoms with van der Waals surface area (Å²) in [7, 11) is 0. The summed E-state index contributed by atoms with van der Waals surface area (Å²) in [4.78, 5) is 22.0. The number of hydrogen-bond donors (Lipinski definition) is 3. The first-order chi connectivity index (χ1) is 7.91. The average molecular weight is 241 g/mol. The van der Waals surface area contributed by atoms with Crippen molar-refractivity contribution in [1.82, 2.24) is 10.5 Å². The van der Waals surface area contributed by atoms with Crippen LogP contribution < -0.4 is 11.1 Å². The second-order valence-electron chi connectivity index (χ2n) is 3.70. The fourth-order valence-electron chi connectivity index (χ4n) is 1.29. The van der Waals surface area contributed by atoms with Gasteiger partial charge in [-0.15, -0.1) is 0 Å². The minimum absolute atomic E-state index is 0.0899. The Labute approximate surface area is 98.0 Å². The second kappa shape index (κ2) is 5.44. The minimum Gasteiger partial charge on any atom is -0.381 e. The third-order valence-electron chi connectivity index (χ3n) is 2.34. The standard InChI is InChI=1S/C10H15N3O4/c1-5-7(6(2)17-13-5)3-9(15)12-4-8(14)10(11)16/h8,14H,3-4H2,1-2H3,(H2,11,16)(H,12,15). The predicted molar refractivity (Wildman–Crippen MR) is 57.9 cm³/mol. The van der Waals surface area contributed by atoms with E-state index in [0.29, 0.717) is 17.0 Å². The van der Waals surface area contributed by atoms with Crippen molar-refractivity contribution in [3.63, 3.8) is 0 Å². The number of rotatable bonds is 5. The summed E-state index contributed by atoms with van der Waals surface area (Å²) < 4.78 is 4.91. The van der Waals surface area contributed by atoms with E-state index < -0.39 is 12.0 Å². The summed E-state index contributed by atoms with van der Waals surface area (Å²) in [5.41, 5.74) is 6.19. The highest BCUT2D eigenvalue weighted by molar-refractivity contribution is 5.82. The van der Waals surface area contributed by atoms with Crippen LogP contribution in [-0.2, 0) is 16.0 Å². The Balaban J connectivity index is 2.48. The van der Waals surface area contributed by atoms with Crippen molar-refractivity contribution in [3.05, 3.63) is 17.0 Å². The van der Waals surface area contributed by atoms with Crippen LogP contribution in [0.15, 0.2) is 4.52 Å². The molecule has 0 aliphatic heterocycles. The van der Waals surface area contributed by atoms with E-state index >= 15 is 0 Å². The summed E-state index contributed by atoms with van der Waals surface area (Å²) >= 11 is 0. The number of nitrogens with one attached hydrogen (secondary N) is 1. The maximum atomic E-state index is 11.5. The molecule has 1 rings (SSSR count). The zero-order valence-corrected chi connectivity index (χ0v) is 9.69. The van der Waals surface area contributed by atoms with Gasteiger partial charge in [-0.05, 0) is 13.8 Å². The number of aromatic nitrogens is 1. The molecule has 0 aromatic carbocycles. The van der Waals surface area contributed by atoms with E-state index in [9.17, 15) is 9.59 Å². The molecule has 0 bridgehead atoms. The fraction of sp³-hybridized carbons (Fsp3) is 0.500. The van der Waals surface area contributed by atoms with Crippen LogP contribution in [0.2, 0.25) is 0 Å². The van der Waals surface area contributed by atoms with E-state index in [0.717, 1.165) is 0 Å². The summed E-state index contributed by atoms with van der Waals surface area (Å²) in [5, 5.41) is 15.2. The molecule has 0 saturated carbocycles. The van der Waals surface area contributed by atoms with Crippen molar-refractivity contribution in [1.29, 1.82) is 0 Å². The van der Waals surface area contributed by atoms with Crippen molar-refractivity contribution >= 4 is 11.8 Å². The van der Waals surface area contributed by atoms with Gasteiger partial charge in [-0.1, -0.05) is 5.16 Å². The number of aryl methyl sites for hydroxylation is 2. The number of primary amides is 1. The molecule has 94 valence electrons. The Hall–Kier alpha value is -1.89. The normalized spacial score (nSPS) is 12.2. The predicted octanol–water partition coefficient (Wildman–Crippen LogP) is -1.20. The Kier molecular flexibility index (Phi) is 4.22. The van der Waals surface area contributed by atoms with Gasteiger partial charge in [0.05, 0.1) is 18.7 Å². The van der Waals surface area contributed by atoms with Crippen molar-refractivity contribution in [2.75, 3.05) is 6.54 Å². The maximum absolute atomic E-state index is 11.5. The quantitative estimate of drug-likeness (QED) is 0.598. The van der Waals surface area contributed by atoms with Crippen molar-refractivity contribution in [2.45, 2.75) is 26.4 Å². The summed E-state index contributed by atoms with van der Waals surface area (Å²) in [6.07, 6.45) is -1.28. The van der Waals surface area contributed by atoms with Crippen molar-refractivity contribution in [2.24, 2.45) is 5.73 Å². The van der Waals surface area contributed by atoms with E-state index in [2.05, 4.69) is 10.5 Å². The molecule has 0 radical (unpaired) electrons. The molecule has 2 amide bonds. The highest BCUT2D eigenvalue weighted by atomic mass is 16.5. The van der Waals surface area contributed by atoms with Crippen LogP contribution in [0.25, 0.3) is 0 Å². The van der Waals surface area contributed by atoms with Gasteiger partial charge in [0.2, 0.25) is 11.8 Å². The number of aliphatic hydroxyl groups excluding tert-OH is 1. The number of aliphatic hydroxyl groups is 1. The Morgan fingerprint density at radius 3 is 2.65 bits per heavy atom. The number of carbonyl (C=O) groups is 2. The molecule has 1 heterocycles. The Bertz CT molecular complexity index is 408. The highest BCUT2D eigenvalue weighted by Crippen LogP contribution is 2.12. The van der Waals surface area contributed by atoms with Gasteiger partial charge in [-0.2, -0.15) is 0 Å². The largest absolute Gasteiger partial charge is 0.381 e. The van der Waals surface area contributed by atoms with Crippen LogP contribution in [0, 0.1) is 13.8 Å². The molecule has 7 nitrogen and oxygen atoms in total. The van der Waals surface area contributed by atoms with Gasteiger partial charge >= 0.3 is 0 Å². The van der Waals surface area contributed by atoms with Gasteiger partial charge in [0.15, 0.2) is 0 Å². The summed E-state index contributed by atoms with van der Waals surface area (Å²) in [6.45, 7) is 3.25. The van der Waals surface area contributed by atoms with Gasteiger partial charge in [-0.25, -0.2) is 0 Å². The molecule has 0 saturated heterocycles. The molecule has 1 aromatic heterocycles. The molecule has 7 heteroatoms. The van der Waals surface area contributed by atoms with Crippen LogP contribution in [-0.4, -0.2) is 34.7 Å². The van der Waals surface area contributed by atoms with Crippen LogP contribution in [0.4, 0.5) is 0 Å². The monoisotopic (exact) mass is 241 g/mol. The van der Waals surface area contributed by atoms with E-state index in [1.807, 2.05) is 0 Å². The highest BCUT2D eigenvalue weighted by Gasteiger charge is 2.15. The Morgan fingerprint density at radius 1 is 1.53 bits per heavy atom. The van der Waals surface area contributed by atoms with Crippen LogP contribution >= 0.6 is 0 Å². The molecule has 0 aliphatic rings. The zero-order chi connectivity index (χ0) is 13.0. The average Bonchev–Trinajstić information content (AvgIpc) is 2.57. The molecular formula is C10H15N3O4. The number of carbonyl (C=O) groups excluding carboxylic acids is 2. The lowest BCUT2D eigenvalue weighted by molar-refractivity contribution is -0.126. The topological polar surface area (TPSA) is 118 Å². The van der Waals surface area contributed by atoms with E-state index in [4.69, 9.17) is 15.4 Å². The smallest absolute Gasteiger partial charge is 0.248 e. The SMILES string of the molecule is Cc1noc(C)c1CC(=O)NCC(O)C(N)=O. The minimum atomic E-state index is -1.37. The van der Waals surface area contributed by atoms with Gasteiger partial charge in [0, 0.05) is 5.56 Å². The number of nitrogens with zero attached hydrogens (tertiary/aromatic N) is 1. The lowest BCUT2D eigenvalue weighted by Gasteiger charge is -2.08. The van der Waals surface area contributed by atoms with Crippen LogP contribution in [0.5, 0.6) is 0 Å². The molecule has 4 N–H and O–H groups in total. The van der Waals surface area contributed by atoms with Crippen LogP contribution in [0.1, 0.15) is 17.0 Å². The summed E-state index contributed by atoms with van der Waals surface area (Å²) in [5.74, 6) is -0.629. The van der Waals surface area contributed by atoms with Gasteiger partial charge in [0.1, 0.15) is 11.9 Å². The van der Waals surface area contributed by atoms with Crippen molar-refractivity contribution in [3.8, 4) is 0 Å². The first-order valence-corrected chi connectivity index (χ1v) is 5.07. The molecule has 0 aliphatic carbocycles. The molecule has 17 heavy (non-hydrogen) atoms. The lowest BCUT2D eigenvalue weighted by atomic mass is 10.1. The fourth-order valence-corrected chi connectivity index (χ4v) is 1.29. The molecule has 1 unspecified atom stereocenters. The molecule has 1 aromatic rings. The zero-order valence-electron chi connectivity index (χ0n) is 9.69. The first kappa shape index (κ1) is 13.2. The Morgan fingerprint density at radius 2 is 2.18 bits per heavy atom. The number of nitrogens with two attached hydrogens (primary N) is 1. The van der Waals surface area contributed by atoms with Crippen LogP contribution in [0.3, 0.4) is 0 Å². The third kappa shape index (κ3) is 3.56. The third-order valence-corrected chi connectivity index (χ3v) is 2.34. The lowest BCUT2D eigenvalue weighted by Crippen LogP contribution is -2.40. The first-order valence-electron chi connectivity index (χ1n) is 5.07. The van der Waals surface area contributed by atoms with Crippen molar-refractivity contribution < 1.29 is 19.2 Å². The second-order valence-corrected chi connectivity index (χ2v) is 3.70. The van der Waals surface area contributed by atoms with E-state index in [-0.39, 0.29) is 18.9 Å². The number of hydrogen-bond acceptors (Lipinski definition) is 5. The van der Waals surface area contributed by atoms with E-state index in [1.165, 1.54) is 0 Å². The molecule has 1 atom stereocenters. The van der Waals surface area contributed by atoms with E-state index in [1.54, 1.807) is 13.8 Å². The van der Waals surface area contributed by atoms with Gasteiger partial charge in [0.25, 0.3) is 0 Å². The van der Waals surface area contributed by atoms with Gasteiger partial charge < -0.3 is 20.7 Å². The number of amides is 2. The maximum Gasteiger partial charge on any atom is 0.248 e. The molecule has 0 spiro atoms. The molecular weight excluding hydrogens is 226 g/mol. The van der Waals surface area contributed by atoms with Gasteiger partial charge in [-0.3, -0.25) is 9.59 Å². The molecule has 0 fully saturated rings.